The Hall–Kier alpha value is -1.12. The Morgan fingerprint density at radius 1 is 1.05 bits per heavy atom. The SMILES string of the molecule is CC(CCc1ccccc1)NCc1ccc(C(C)(C)C)s1. The summed E-state index contributed by atoms with van der Waals surface area (Å²) < 4.78 is 0. The van der Waals surface area contributed by atoms with Gasteiger partial charge in [-0.3, -0.25) is 0 Å². The highest BCUT2D eigenvalue weighted by molar-refractivity contribution is 7.12. The van der Waals surface area contributed by atoms with Gasteiger partial charge < -0.3 is 5.32 Å². The Bertz CT molecular complexity index is 536. The normalized spacial score (nSPS) is 13.3. The molecule has 1 N–H and O–H groups in total. The van der Waals surface area contributed by atoms with Gasteiger partial charge >= 0.3 is 0 Å². The molecule has 0 fully saturated rings. The predicted molar refractivity (Wildman–Crippen MR) is 94.1 cm³/mol. The van der Waals surface area contributed by atoms with E-state index in [4.69, 9.17) is 0 Å². The Labute approximate surface area is 133 Å². The summed E-state index contributed by atoms with van der Waals surface area (Å²) in [5.74, 6) is 0. The van der Waals surface area contributed by atoms with Crippen molar-refractivity contribution in [2.24, 2.45) is 0 Å². The summed E-state index contributed by atoms with van der Waals surface area (Å²) in [5, 5.41) is 3.64. The van der Waals surface area contributed by atoms with Gasteiger partial charge in [-0.15, -0.1) is 11.3 Å². The van der Waals surface area contributed by atoms with Crippen LogP contribution >= 0.6 is 11.3 Å². The highest BCUT2D eigenvalue weighted by Gasteiger charge is 2.16. The van der Waals surface area contributed by atoms with Crippen LogP contribution in [0.25, 0.3) is 0 Å². The van der Waals surface area contributed by atoms with E-state index in [0.29, 0.717) is 6.04 Å². The van der Waals surface area contributed by atoms with Crippen LogP contribution < -0.4 is 5.32 Å². The molecule has 1 nitrogen and oxygen atoms in total. The highest BCUT2D eigenvalue weighted by atomic mass is 32.1. The topological polar surface area (TPSA) is 12.0 Å². The quantitative estimate of drug-likeness (QED) is 0.777. The zero-order chi connectivity index (χ0) is 15.3. The van der Waals surface area contributed by atoms with Gasteiger partial charge in [-0.2, -0.15) is 0 Å². The van der Waals surface area contributed by atoms with E-state index in [1.165, 1.54) is 21.7 Å². The number of nitrogens with one attached hydrogen (secondary N) is 1. The van der Waals surface area contributed by atoms with Crippen molar-refractivity contribution in [2.45, 2.75) is 58.5 Å². The van der Waals surface area contributed by atoms with Crippen LogP contribution in [0.3, 0.4) is 0 Å². The number of rotatable bonds is 6. The molecule has 0 bridgehead atoms. The monoisotopic (exact) mass is 301 g/mol. The highest BCUT2D eigenvalue weighted by Crippen LogP contribution is 2.29. The summed E-state index contributed by atoms with van der Waals surface area (Å²) in [7, 11) is 0. The third-order valence-electron chi connectivity index (χ3n) is 3.73. The Morgan fingerprint density at radius 2 is 1.76 bits per heavy atom. The van der Waals surface area contributed by atoms with Gasteiger partial charge in [0.25, 0.3) is 0 Å². The maximum Gasteiger partial charge on any atom is 0.0302 e. The first-order valence-corrected chi connectivity index (χ1v) is 8.63. The third-order valence-corrected chi connectivity index (χ3v) is 5.25. The molecule has 114 valence electrons. The van der Waals surface area contributed by atoms with Crippen LogP contribution in [0.5, 0.6) is 0 Å². The molecular weight excluding hydrogens is 274 g/mol. The molecule has 1 atom stereocenters. The number of hydrogen-bond acceptors (Lipinski definition) is 2. The Balaban J connectivity index is 1.76. The zero-order valence-electron chi connectivity index (χ0n) is 13.6. The average Bonchev–Trinajstić information content (AvgIpc) is 2.93. The number of benzene rings is 1. The van der Waals surface area contributed by atoms with E-state index in [2.05, 4.69) is 75.5 Å². The zero-order valence-corrected chi connectivity index (χ0v) is 14.5. The third kappa shape index (κ3) is 5.29. The second kappa shape index (κ2) is 7.24. The summed E-state index contributed by atoms with van der Waals surface area (Å²) in [4.78, 5) is 2.91. The van der Waals surface area contributed by atoms with Crippen LogP contribution in [-0.4, -0.2) is 6.04 Å². The molecule has 0 aliphatic rings. The van der Waals surface area contributed by atoms with Crippen LogP contribution in [0.4, 0.5) is 0 Å². The van der Waals surface area contributed by atoms with E-state index in [1.807, 2.05) is 11.3 Å². The second-order valence-electron chi connectivity index (χ2n) is 6.82. The van der Waals surface area contributed by atoms with Gasteiger partial charge in [0.05, 0.1) is 0 Å². The van der Waals surface area contributed by atoms with Crippen LogP contribution in [0.2, 0.25) is 0 Å². The van der Waals surface area contributed by atoms with Crippen molar-refractivity contribution < 1.29 is 0 Å². The van der Waals surface area contributed by atoms with Crippen molar-refractivity contribution in [3.05, 3.63) is 57.8 Å². The summed E-state index contributed by atoms with van der Waals surface area (Å²) in [5.41, 5.74) is 1.69. The molecule has 2 rings (SSSR count). The van der Waals surface area contributed by atoms with E-state index >= 15 is 0 Å². The van der Waals surface area contributed by atoms with Crippen LogP contribution in [0, 0.1) is 0 Å². The van der Waals surface area contributed by atoms with Crippen molar-refractivity contribution in [1.29, 1.82) is 0 Å². The van der Waals surface area contributed by atoms with Gasteiger partial charge in [-0.05, 0) is 42.9 Å². The van der Waals surface area contributed by atoms with E-state index in [1.54, 1.807) is 0 Å². The predicted octanol–water partition coefficient (Wildman–Crippen LogP) is 5.16. The van der Waals surface area contributed by atoms with Gasteiger partial charge in [0.15, 0.2) is 0 Å². The van der Waals surface area contributed by atoms with Crippen molar-refractivity contribution in [3.63, 3.8) is 0 Å². The minimum absolute atomic E-state index is 0.266. The molecule has 1 heterocycles. The smallest absolute Gasteiger partial charge is 0.0302 e. The molecular formula is C19H27NS. The Morgan fingerprint density at radius 3 is 2.38 bits per heavy atom. The first-order chi connectivity index (χ1) is 9.95. The van der Waals surface area contributed by atoms with Crippen molar-refractivity contribution >= 4 is 11.3 Å². The first-order valence-electron chi connectivity index (χ1n) is 7.81. The average molecular weight is 301 g/mol. The summed E-state index contributed by atoms with van der Waals surface area (Å²) in [6.45, 7) is 10.1. The van der Waals surface area contributed by atoms with E-state index in [9.17, 15) is 0 Å². The fraction of sp³-hybridized carbons (Fsp3) is 0.474. The fourth-order valence-electron chi connectivity index (χ4n) is 2.28. The molecule has 0 aliphatic heterocycles. The van der Waals surface area contributed by atoms with Gasteiger partial charge in [-0.25, -0.2) is 0 Å². The maximum atomic E-state index is 3.64. The first kappa shape index (κ1) is 16.3. The summed E-state index contributed by atoms with van der Waals surface area (Å²) in [6.07, 6.45) is 2.33. The molecule has 1 aromatic carbocycles. The molecule has 2 heteroatoms. The molecule has 0 aliphatic carbocycles. The standard InChI is InChI=1S/C19H27NS/c1-15(10-11-16-8-6-5-7-9-16)20-14-17-12-13-18(21-17)19(2,3)4/h5-9,12-13,15,20H,10-11,14H2,1-4H3. The lowest BCUT2D eigenvalue weighted by Crippen LogP contribution is -2.25. The molecule has 1 unspecified atom stereocenters. The second-order valence-corrected chi connectivity index (χ2v) is 7.99. The summed E-state index contributed by atoms with van der Waals surface area (Å²) >= 11 is 1.93. The molecule has 0 saturated heterocycles. The minimum Gasteiger partial charge on any atom is -0.309 e. The number of thiophene rings is 1. The molecule has 0 saturated carbocycles. The van der Waals surface area contributed by atoms with Crippen molar-refractivity contribution in [1.82, 2.24) is 5.32 Å². The van der Waals surface area contributed by atoms with Gasteiger partial charge in [0, 0.05) is 22.3 Å². The van der Waals surface area contributed by atoms with Crippen LogP contribution in [0.1, 0.15) is 49.4 Å². The molecule has 21 heavy (non-hydrogen) atoms. The van der Waals surface area contributed by atoms with Crippen molar-refractivity contribution in [3.8, 4) is 0 Å². The van der Waals surface area contributed by atoms with E-state index < -0.39 is 0 Å². The number of hydrogen-bond donors (Lipinski definition) is 1. The lowest BCUT2D eigenvalue weighted by atomic mass is 9.95. The fourth-order valence-corrected chi connectivity index (χ4v) is 3.30. The van der Waals surface area contributed by atoms with Gasteiger partial charge in [0.2, 0.25) is 0 Å². The van der Waals surface area contributed by atoms with Crippen molar-refractivity contribution in [2.75, 3.05) is 0 Å². The largest absolute Gasteiger partial charge is 0.309 e. The molecule has 0 radical (unpaired) electrons. The molecule has 0 amide bonds. The van der Waals surface area contributed by atoms with Crippen LogP contribution in [0.15, 0.2) is 42.5 Å². The van der Waals surface area contributed by atoms with E-state index in [0.717, 1.165) is 13.0 Å². The lowest BCUT2D eigenvalue weighted by molar-refractivity contribution is 0.517. The van der Waals surface area contributed by atoms with Gasteiger partial charge in [-0.1, -0.05) is 51.1 Å². The van der Waals surface area contributed by atoms with E-state index in [-0.39, 0.29) is 5.41 Å². The summed E-state index contributed by atoms with van der Waals surface area (Å²) in [6, 6.07) is 15.8. The molecule has 0 spiro atoms. The number of aryl methyl sites for hydroxylation is 1. The minimum atomic E-state index is 0.266. The Kier molecular flexibility index (Phi) is 5.60. The lowest BCUT2D eigenvalue weighted by Gasteiger charge is -2.15. The van der Waals surface area contributed by atoms with Crippen LogP contribution in [-0.2, 0) is 18.4 Å². The molecule has 1 aromatic heterocycles. The van der Waals surface area contributed by atoms with Gasteiger partial charge in [0.1, 0.15) is 0 Å². The maximum absolute atomic E-state index is 3.64. The molecule has 2 aromatic rings.